The number of nitrogens with zero attached hydrogens (tertiary/aromatic N) is 3. The number of nitrogens with one attached hydrogen (secondary N) is 1. The number of thioether (sulfide) groups is 1. The lowest BCUT2D eigenvalue weighted by Crippen LogP contribution is -2.38. The van der Waals surface area contributed by atoms with Gasteiger partial charge in [0.2, 0.25) is 5.91 Å². The maximum Gasteiger partial charge on any atom is 0.227 e. The van der Waals surface area contributed by atoms with Gasteiger partial charge in [0.15, 0.2) is 5.82 Å². The van der Waals surface area contributed by atoms with E-state index in [0.717, 1.165) is 59.3 Å². The molecule has 31 heavy (non-hydrogen) atoms. The Morgan fingerprint density at radius 1 is 1.06 bits per heavy atom. The van der Waals surface area contributed by atoms with Crippen molar-refractivity contribution in [2.45, 2.75) is 17.7 Å². The third-order valence-corrected chi connectivity index (χ3v) is 6.29. The van der Waals surface area contributed by atoms with E-state index in [1.807, 2.05) is 66.9 Å². The molecule has 7 heteroatoms. The fraction of sp³-hybridized carbons (Fsp3) is 0.292. The molecular weight excluding hydrogens is 408 g/mol. The van der Waals surface area contributed by atoms with Crippen LogP contribution in [0.3, 0.4) is 0 Å². The van der Waals surface area contributed by atoms with Crippen molar-refractivity contribution in [3.8, 4) is 17.0 Å². The zero-order chi connectivity index (χ0) is 21.6. The van der Waals surface area contributed by atoms with Crippen molar-refractivity contribution in [2.24, 2.45) is 5.92 Å². The summed E-state index contributed by atoms with van der Waals surface area (Å²) in [5, 5.41) is 11.9. The third-order valence-electron chi connectivity index (χ3n) is 5.56. The number of hydrogen-bond donors (Lipinski definition) is 1. The largest absolute Gasteiger partial charge is 0.496 e. The number of ether oxygens (including phenoxy) is 1. The van der Waals surface area contributed by atoms with Crippen molar-refractivity contribution >= 4 is 29.2 Å². The molecule has 1 aliphatic rings. The Morgan fingerprint density at radius 3 is 2.58 bits per heavy atom. The lowest BCUT2D eigenvalue weighted by Gasteiger charge is -2.31. The highest BCUT2D eigenvalue weighted by molar-refractivity contribution is 7.98. The van der Waals surface area contributed by atoms with E-state index in [1.54, 1.807) is 18.9 Å². The van der Waals surface area contributed by atoms with Crippen LogP contribution in [0.2, 0.25) is 0 Å². The maximum absolute atomic E-state index is 12.7. The van der Waals surface area contributed by atoms with E-state index in [0.29, 0.717) is 0 Å². The monoisotopic (exact) mass is 434 g/mol. The predicted molar refractivity (Wildman–Crippen MR) is 126 cm³/mol. The molecule has 0 aliphatic carbocycles. The van der Waals surface area contributed by atoms with Crippen molar-refractivity contribution in [3.63, 3.8) is 0 Å². The summed E-state index contributed by atoms with van der Waals surface area (Å²) in [5.41, 5.74) is 2.56. The van der Waals surface area contributed by atoms with E-state index in [4.69, 9.17) is 4.74 Å². The summed E-state index contributed by atoms with van der Waals surface area (Å²) in [6.45, 7) is 1.57. The molecule has 2 aromatic carbocycles. The first-order valence-corrected chi connectivity index (χ1v) is 11.6. The van der Waals surface area contributed by atoms with Crippen molar-refractivity contribution < 1.29 is 9.53 Å². The lowest BCUT2D eigenvalue weighted by molar-refractivity contribution is -0.120. The molecular formula is C24H26N4O2S. The number of aromatic nitrogens is 2. The van der Waals surface area contributed by atoms with Crippen LogP contribution in [-0.4, -0.2) is 42.6 Å². The third kappa shape index (κ3) is 4.99. The summed E-state index contributed by atoms with van der Waals surface area (Å²) in [6.07, 6.45) is 3.62. The van der Waals surface area contributed by atoms with E-state index in [9.17, 15) is 4.79 Å². The van der Waals surface area contributed by atoms with Crippen LogP contribution in [-0.2, 0) is 4.79 Å². The molecule has 4 rings (SSSR count). The van der Waals surface area contributed by atoms with Gasteiger partial charge in [-0.2, -0.15) is 0 Å². The molecule has 1 aliphatic heterocycles. The minimum absolute atomic E-state index is 0.00926. The SMILES string of the molecule is COc1ccccc1-c1ccc(N2CCC(C(=O)Nc3cccc(SC)c3)CC2)nn1. The van der Waals surface area contributed by atoms with E-state index >= 15 is 0 Å². The average Bonchev–Trinajstić information content (AvgIpc) is 2.84. The summed E-state index contributed by atoms with van der Waals surface area (Å²) >= 11 is 1.67. The molecule has 160 valence electrons. The van der Waals surface area contributed by atoms with Crippen LogP contribution in [0.5, 0.6) is 5.75 Å². The first-order chi connectivity index (χ1) is 15.2. The number of piperidine rings is 1. The number of methoxy groups -OCH3 is 1. The number of benzene rings is 2. The molecule has 1 amide bonds. The second-order valence-electron chi connectivity index (χ2n) is 7.46. The number of anilines is 2. The number of para-hydroxylation sites is 1. The molecule has 1 N–H and O–H groups in total. The zero-order valence-electron chi connectivity index (χ0n) is 17.7. The average molecular weight is 435 g/mol. The van der Waals surface area contributed by atoms with Gasteiger partial charge in [-0.15, -0.1) is 22.0 Å². The number of hydrogen-bond acceptors (Lipinski definition) is 6. The normalized spacial score (nSPS) is 14.3. The van der Waals surface area contributed by atoms with Gasteiger partial charge in [0.1, 0.15) is 5.75 Å². The smallest absolute Gasteiger partial charge is 0.227 e. The van der Waals surface area contributed by atoms with Gasteiger partial charge in [-0.05, 0) is 61.6 Å². The Labute approximate surface area is 187 Å². The van der Waals surface area contributed by atoms with Gasteiger partial charge in [-0.3, -0.25) is 4.79 Å². The molecule has 3 aromatic rings. The Kier molecular flexibility index (Phi) is 6.72. The van der Waals surface area contributed by atoms with Crippen LogP contribution >= 0.6 is 11.8 Å². The van der Waals surface area contributed by atoms with Crippen molar-refractivity contribution in [1.82, 2.24) is 10.2 Å². The fourth-order valence-corrected chi connectivity index (χ4v) is 4.27. The van der Waals surface area contributed by atoms with Crippen LogP contribution in [0.4, 0.5) is 11.5 Å². The Hall–Kier alpha value is -3.06. The van der Waals surface area contributed by atoms with E-state index < -0.39 is 0 Å². The molecule has 0 spiro atoms. The second-order valence-corrected chi connectivity index (χ2v) is 8.34. The molecule has 0 unspecified atom stereocenters. The highest BCUT2D eigenvalue weighted by Crippen LogP contribution is 2.29. The quantitative estimate of drug-likeness (QED) is 0.566. The lowest BCUT2D eigenvalue weighted by atomic mass is 9.96. The molecule has 2 heterocycles. The number of rotatable bonds is 6. The van der Waals surface area contributed by atoms with E-state index in [2.05, 4.69) is 20.4 Å². The van der Waals surface area contributed by atoms with Gasteiger partial charge in [0, 0.05) is 35.2 Å². The standard InChI is InChI=1S/C24H26N4O2S/c1-30-22-9-4-3-8-20(22)21-10-11-23(27-26-21)28-14-12-17(13-15-28)24(29)25-18-6-5-7-19(16-18)31-2/h3-11,16-17H,12-15H2,1-2H3,(H,25,29). The van der Waals surface area contributed by atoms with Crippen LogP contribution < -0.4 is 15.0 Å². The van der Waals surface area contributed by atoms with E-state index in [1.165, 1.54) is 0 Å². The number of carbonyl (C=O) groups is 1. The van der Waals surface area contributed by atoms with Crippen molar-refractivity contribution in [3.05, 3.63) is 60.7 Å². The Bertz CT molecular complexity index is 1030. The highest BCUT2D eigenvalue weighted by Gasteiger charge is 2.26. The molecule has 1 fully saturated rings. The summed E-state index contributed by atoms with van der Waals surface area (Å²) < 4.78 is 5.42. The summed E-state index contributed by atoms with van der Waals surface area (Å²) in [6, 6.07) is 19.7. The van der Waals surface area contributed by atoms with Gasteiger partial charge < -0.3 is 15.0 Å². The highest BCUT2D eigenvalue weighted by atomic mass is 32.2. The Morgan fingerprint density at radius 2 is 1.87 bits per heavy atom. The molecule has 6 nitrogen and oxygen atoms in total. The molecule has 0 radical (unpaired) electrons. The van der Waals surface area contributed by atoms with Crippen LogP contribution in [0, 0.1) is 5.92 Å². The van der Waals surface area contributed by atoms with Gasteiger partial charge in [-0.1, -0.05) is 18.2 Å². The van der Waals surface area contributed by atoms with Crippen LogP contribution in [0.15, 0.2) is 65.6 Å². The van der Waals surface area contributed by atoms with Crippen LogP contribution in [0.25, 0.3) is 11.3 Å². The second kappa shape index (κ2) is 9.83. The van der Waals surface area contributed by atoms with Gasteiger partial charge in [0.05, 0.1) is 12.8 Å². The molecule has 1 saturated heterocycles. The first-order valence-electron chi connectivity index (χ1n) is 10.3. The summed E-state index contributed by atoms with van der Waals surface area (Å²) in [7, 11) is 1.65. The summed E-state index contributed by atoms with van der Waals surface area (Å²) in [5.74, 6) is 1.72. The molecule has 1 aromatic heterocycles. The van der Waals surface area contributed by atoms with Gasteiger partial charge in [-0.25, -0.2) is 0 Å². The molecule has 0 saturated carbocycles. The number of amides is 1. The Balaban J connectivity index is 1.35. The summed E-state index contributed by atoms with van der Waals surface area (Å²) in [4.78, 5) is 16.0. The minimum Gasteiger partial charge on any atom is -0.496 e. The minimum atomic E-state index is 0.00926. The van der Waals surface area contributed by atoms with E-state index in [-0.39, 0.29) is 11.8 Å². The maximum atomic E-state index is 12.7. The molecule has 0 atom stereocenters. The predicted octanol–water partition coefficient (Wildman–Crippen LogP) is 4.73. The topological polar surface area (TPSA) is 67.3 Å². The van der Waals surface area contributed by atoms with Crippen LogP contribution in [0.1, 0.15) is 12.8 Å². The van der Waals surface area contributed by atoms with Gasteiger partial charge in [0.25, 0.3) is 0 Å². The first kappa shape index (κ1) is 21.2. The van der Waals surface area contributed by atoms with Crippen molar-refractivity contribution in [2.75, 3.05) is 36.7 Å². The molecule has 0 bridgehead atoms. The van der Waals surface area contributed by atoms with Crippen molar-refractivity contribution in [1.29, 1.82) is 0 Å². The number of carbonyl (C=O) groups excluding carboxylic acids is 1. The fourth-order valence-electron chi connectivity index (χ4n) is 3.81. The van der Waals surface area contributed by atoms with Gasteiger partial charge >= 0.3 is 0 Å². The zero-order valence-corrected chi connectivity index (χ0v) is 18.6.